The molecule has 0 radical (unpaired) electrons. The zero-order valence-electron chi connectivity index (χ0n) is 11.7. The maximum Gasteiger partial charge on any atom is 0.287 e. The lowest BCUT2D eigenvalue weighted by Gasteiger charge is -2.09. The number of hydrogen-bond donors (Lipinski definition) is 2. The summed E-state index contributed by atoms with van der Waals surface area (Å²) in [7, 11) is 0. The third kappa shape index (κ3) is 2.64. The molecule has 1 heterocycles. The summed E-state index contributed by atoms with van der Waals surface area (Å²) in [6, 6.07) is 7.13. The van der Waals surface area contributed by atoms with Crippen LogP contribution in [0.25, 0.3) is 11.0 Å². The summed E-state index contributed by atoms with van der Waals surface area (Å²) in [5.74, 6) is 1.61. The number of amides is 1. The molecule has 1 aromatic carbocycles. The van der Waals surface area contributed by atoms with Crippen LogP contribution in [0.4, 0.5) is 5.69 Å². The molecule has 1 aliphatic carbocycles. The number of fused-ring (bicyclic) bond motifs is 1. The van der Waals surface area contributed by atoms with Gasteiger partial charge >= 0.3 is 0 Å². The Hall–Kier alpha value is -1.97. The quantitative estimate of drug-likeness (QED) is 0.843. The molecule has 4 nitrogen and oxygen atoms in total. The highest BCUT2D eigenvalue weighted by Crippen LogP contribution is 2.29. The van der Waals surface area contributed by atoms with Crippen LogP contribution in [-0.4, -0.2) is 12.5 Å². The Balaban J connectivity index is 1.66. The number of nitrogens with one attached hydrogen (secondary N) is 1. The first kappa shape index (κ1) is 13.0. The molecule has 1 fully saturated rings. The van der Waals surface area contributed by atoms with E-state index in [1.165, 1.54) is 19.3 Å². The standard InChI is InChI=1S/C16H20N2O2/c1-10-2-3-11(6-10)9-18-16(19)15-8-12-7-13(17)4-5-14(12)20-15/h4-5,7-8,10-11H,2-3,6,9,17H2,1H3,(H,18,19). The first-order valence-electron chi connectivity index (χ1n) is 7.19. The molecule has 2 aromatic rings. The summed E-state index contributed by atoms with van der Waals surface area (Å²) in [6.45, 7) is 3.01. The smallest absolute Gasteiger partial charge is 0.287 e. The van der Waals surface area contributed by atoms with Crippen molar-refractivity contribution in [3.05, 3.63) is 30.0 Å². The first-order chi connectivity index (χ1) is 9.61. The molecular weight excluding hydrogens is 252 g/mol. The summed E-state index contributed by atoms with van der Waals surface area (Å²) in [5, 5.41) is 3.84. The molecule has 4 heteroatoms. The average Bonchev–Trinajstić information content (AvgIpc) is 3.01. The number of carbonyl (C=O) groups excluding carboxylic acids is 1. The number of furan rings is 1. The normalized spacial score (nSPS) is 22.2. The molecule has 1 saturated carbocycles. The highest BCUT2D eigenvalue weighted by atomic mass is 16.3. The second kappa shape index (κ2) is 5.19. The van der Waals surface area contributed by atoms with Crippen molar-refractivity contribution in [2.24, 2.45) is 11.8 Å². The van der Waals surface area contributed by atoms with Gasteiger partial charge in [-0.25, -0.2) is 0 Å². The Morgan fingerprint density at radius 2 is 2.25 bits per heavy atom. The van der Waals surface area contributed by atoms with E-state index in [-0.39, 0.29) is 5.91 Å². The molecule has 2 unspecified atom stereocenters. The number of benzene rings is 1. The van der Waals surface area contributed by atoms with Crippen molar-refractivity contribution in [1.82, 2.24) is 5.32 Å². The Morgan fingerprint density at radius 1 is 1.40 bits per heavy atom. The molecule has 3 rings (SSSR count). The summed E-state index contributed by atoms with van der Waals surface area (Å²) in [5.41, 5.74) is 7.09. The lowest BCUT2D eigenvalue weighted by atomic mass is 10.1. The molecule has 3 N–H and O–H groups in total. The van der Waals surface area contributed by atoms with Crippen molar-refractivity contribution in [2.75, 3.05) is 12.3 Å². The average molecular weight is 272 g/mol. The van der Waals surface area contributed by atoms with Gasteiger partial charge in [-0.15, -0.1) is 0 Å². The fraction of sp³-hybridized carbons (Fsp3) is 0.438. The molecule has 20 heavy (non-hydrogen) atoms. The Morgan fingerprint density at radius 3 is 3.00 bits per heavy atom. The molecule has 1 aliphatic rings. The topological polar surface area (TPSA) is 68.3 Å². The Labute approximate surface area is 118 Å². The van der Waals surface area contributed by atoms with Crippen LogP contribution < -0.4 is 11.1 Å². The molecule has 0 spiro atoms. The summed E-state index contributed by atoms with van der Waals surface area (Å²) >= 11 is 0. The number of anilines is 1. The Kier molecular flexibility index (Phi) is 3.38. The van der Waals surface area contributed by atoms with Crippen LogP contribution in [0.15, 0.2) is 28.7 Å². The van der Waals surface area contributed by atoms with Crippen LogP contribution in [0.3, 0.4) is 0 Å². The highest BCUT2D eigenvalue weighted by molar-refractivity contribution is 5.96. The van der Waals surface area contributed by atoms with Gasteiger partial charge < -0.3 is 15.5 Å². The van der Waals surface area contributed by atoms with Crippen LogP contribution in [0, 0.1) is 11.8 Å². The van der Waals surface area contributed by atoms with Gasteiger partial charge in [-0.1, -0.05) is 13.3 Å². The van der Waals surface area contributed by atoms with E-state index in [4.69, 9.17) is 10.2 Å². The third-order valence-electron chi connectivity index (χ3n) is 4.12. The maximum atomic E-state index is 12.1. The van der Waals surface area contributed by atoms with Gasteiger partial charge in [-0.2, -0.15) is 0 Å². The molecule has 1 aromatic heterocycles. The maximum absolute atomic E-state index is 12.1. The predicted molar refractivity (Wildman–Crippen MR) is 79.5 cm³/mol. The van der Waals surface area contributed by atoms with Crippen molar-refractivity contribution >= 4 is 22.6 Å². The van der Waals surface area contributed by atoms with E-state index < -0.39 is 0 Å². The van der Waals surface area contributed by atoms with Crippen molar-refractivity contribution < 1.29 is 9.21 Å². The minimum atomic E-state index is -0.140. The van der Waals surface area contributed by atoms with Crippen molar-refractivity contribution in [1.29, 1.82) is 0 Å². The van der Waals surface area contributed by atoms with E-state index in [9.17, 15) is 4.79 Å². The molecule has 0 saturated heterocycles. The van der Waals surface area contributed by atoms with Crippen LogP contribution in [0.1, 0.15) is 36.7 Å². The fourth-order valence-electron chi connectivity index (χ4n) is 3.01. The van der Waals surface area contributed by atoms with Crippen LogP contribution in [-0.2, 0) is 0 Å². The van der Waals surface area contributed by atoms with Gasteiger partial charge in [-0.3, -0.25) is 4.79 Å². The largest absolute Gasteiger partial charge is 0.451 e. The summed E-state index contributed by atoms with van der Waals surface area (Å²) < 4.78 is 5.55. The van der Waals surface area contributed by atoms with E-state index in [2.05, 4.69) is 12.2 Å². The Bertz CT molecular complexity index is 632. The predicted octanol–water partition coefficient (Wildman–Crippen LogP) is 3.18. The van der Waals surface area contributed by atoms with Gasteiger partial charge in [0.1, 0.15) is 5.58 Å². The number of nitrogen functional groups attached to an aromatic ring is 1. The number of rotatable bonds is 3. The number of nitrogens with two attached hydrogens (primary N) is 1. The zero-order valence-corrected chi connectivity index (χ0v) is 11.7. The van der Waals surface area contributed by atoms with Crippen LogP contribution in [0.2, 0.25) is 0 Å². The number of carbonyl (C=O) groups is 1. The van der Waals surface area contributed by atoms with Gasteiger partial charge in [0.2, 0.25) is 0 Å². The minimum absolute atomic E-state index is 0.140. The van der Waals surface area contributed by atoms with E-state index in [0.29, 0.717) is 22.9 Å². The van der Waals surface area contributed by atoms with Gasteiger partial charge in [0.05, 0.1) is 0 Å². The first-order valence-corrected chi connectivity index (χ1v) is 7.19. The molecular formula is C16H20N2O2. The summed E-state index contributed by atoms with van der Waals surface area (Å²) in [6.07, 6.45) is 3.68. The summed E-state index contributed by atoms with van der Waals surface area (Å²) in [4.78, 5) is 12.1. The van der Waals surface area contributed by atoms with E-state index in [1.807, 2.05) is 6.07 Å². The monoisotopic (exact) mass is 272 g/mol. The molecule has 0 aliphatic heterocycles. The molecule has 2 atom stereocenters. The fourth-order valence-corrected chi connectivity index (χ4v) is 3.01. The lowest BCUT2D eigenvalue weighted by Crippen LogP contribution is -2.28. The third-order valence-corrected chi connectivity index (χ3v) is 4.12. The van der Waals surface area contributed by atoms with E-state index in [0.717, 1.165) is 17.8 Å². The molecule has 0 bridgehead atoms. The van der Waals surface area contributed by atoms with Crippen molar-refractivity contribution in [2.45, 2.75) is 26.2 Å². The number of hydrogen-bond acceptors (Lipinski definition) is 3. The van der Waals surface area contributed by atoms with Crippen molar-refractivity contribution in [3.63, 3.8) is 0 Å². The van der Waals surface area contributed by atoms with Gasteiger partial charge in [0.25, 0.3) is 5.91 Å². The molecule has 1 amide bonds. The molecule has 106 valence electrons. The highest BCUT2D eigenvalue weighted by Gasteiger charge is 2.22. The van der Waals surface area contributed by atoms with Gasteiger partial charge in [0, 0.05) is 17.6 Å². The SMILES string of the molecule is CC1CCC(CNC(=O)c2cc3cc(N)ccc3o2)C1. The van der Waals surface area contributed by atoms with E-state index in [1.54, 1.807) is 18.2 Å². The van der Waals surface area contributed by atoms with Crippen LogP contribution >= 0.6 is 0 Å². The van der Waals surface area contributed by atoms with E-state index >= 15 is 0 Å². The van der Waals surface area contributed by atoms with Crippen LogP contribution in [0.5, 0.6) is 0 Å². The second-order valence-corrected chi connectivity index (χ2v) is 5.90. The zero-order chi connectivity index (χ0) is 14.1. The second-order valence-electron chi connectivity index (χ2n) is 5.90. The van der Waals surface area contributed by atoms with Gasteiger partial charge in [-0.05, 0) is 48.9 Å². The van der Waals surface area contributed by atoms with Gasteiger partial charge in [0.15, 0.2) is 5.76 Å². The lowest BCUT2D eigenvalue weighted by molar-refractivity contribution is 0.0921. The minimum Gasteiger partial charge on any atom is -0.451 e. The van der Waals surface area contributed by atoms with Crippen molar-refractivity contribution in [3.8, 4) is 0 Å².